The van der Waals surface area contributed by atoms with E-state index in [1.165, 1.54) is 0 Å². The van der Waals surface area contributed by atoms with Crippen LogP contribution in [0.3, 0.4) is 0 Å². The lowest BCUT2D eigenvalue weighted by atomic mass is 10.2. The molecule has 0 aliphatic carbocycles. The standard InChI is InChI=1S/C11H21N3O2S/c1-3-17-5-4-8(2)14-11(16)9-6-13-10(15)7-12-9/h8-9,12H,3-7H2,1-2H3,(H,13,15)(H,14,16). The Kier molecular flexibility index (Phi) is 6.36. The predicted octanol–water partition coefficient (Wildman–Crippen LogP) is -0.278. The van der Waals surface area contributed by atoms with Crippen molar-refractivity contribution in [2.24, 2.45) is 0 Å². The number of carbonyl (C=O) groups is 2. The Balaban J connectivity index is 2.21. The average molecular weight is 259 g/mol. The lowest BCUT2D eigenvalue weighted by Crippen LogP contribution is -2.58. The molecular weight excluding hydrogens is 238 g/mol. The molecule has 0 bridgehead atoms. The van der Waals surface area contributed by atoms with Crippen LogP contribution in [0, 0.1) is 0 Å². The minimum absolute atomic E-state index is 0.0287. The Morgan fingerprint density at radius 3 is 3.00 bits per heavy atom. The van der Waals surface area contributed by atoms with Gasteiger partial charge < -0.3 is 10.6 Å². The monoisotopic (exact) mass is 259 g/mol. The minimum atomic E-state index is -0.297. The molecule has 0 saturated carbocycles. The molecule has 2 amide bonds. The van der Waals surface area contributed by atoms with Crippen molar-refractivity contribution >= 4 is 23.6 Å². The molecule has 98 valence electrons. The smallest absolute Gasteiger partial charge is 0.239 e. The summed E-state index contributed by atoms with van der Waals surface area (Å²) in [5.41, 5.74) is 0. The van der Waals surface area contributed by atoms with E-state index in [0.29, 0.717) is 6.54 Å². The summed E-state index contributed by atoms with van der Waals surface area (Å²) in [4.78, 5) is 22.7. The van der Waals surface area contributed by atoms with E-state index in [1.54, 1.807) is 0 Å². The van der Waals surface area contributed by atoms with Gasteiger partial charge in [-0.1, -0.05) is 6.92 Å². The number of hydrogen-bond donors (Lipinski definition) is 3. The van der Waals surface area contributed by atoms with Crippen molar-refractivity contribution in [3.8, 4) is 0 Å². The van der Waals surface area contributed by atoms with E-state index < -0.39 is 0 Å². The third-order valence-electron chi connectivity index (χ3n) is 2.62. The third kappa shape index (κ3) is 5.41. The zero-order chi connectivity index (χ0) is 12.7. The molecule has 0 spiro atoms. The first-order chi connectivity index (χ1) is 8.13. The topological polar surface area (TPSA) is 70.2 Å². The van der Waals surface area contributed by atoms with E-state index in [4.69, 9.17) is 0 Å². The van der Waals surface area contributed by atoms with Gasteiger partial charge >= 0.3 is 0 Å². The first kappa shape index (κ1) is 14.3. The van der Waals surface area contributed by atoms with Crippen molar-refractivity contribution in [2.45, 2.75) is 32.4 Å². The van der Waals surface area contributed by atoms with Crippen LogP contribution in [0.1, 0.15) is 20.3 Å². The van der Waals surface area contributed by atoms with Crippen LogP contribution >= 0.6 is 11.8 Å². The Hall–Kier alpha value is -0.750. The quantitative estimate of drug-likeness (QED) is 0.574. The first-order valence-electron chi connectivity index (χ1n) is 6.01. The molecule has 3 N–H and O–H groups in total. The normalized spacial score (nSPS) is 21.8. The molecule has 2 atom stereocenters. The second-order valence-electron chi connectivity index (χ2n) is 4.13. The molecule has 5 nitrogen and oxygen atoms in total. The fourth-order valence-corrected chi connectivity index (χ4v) is 2.38. The van der Waals surface area contributed by atoms with E-state index >= 15 is 0 Å². The fraction of sp³-hybridized carbons (Fsp3) is 0.818. The van der Waals surface area contributed by atoms with Gasteiger partial charge in [-0.2, -0.15) is 11.8 Å². The molecule has 0 aromatic heterocycles. The first-order valence-corrected chi connectivity index (χ1v) is 7.17. The Morgan fingerprint density at radius 1 is 1.65 bits per heavy atom. The Bertz CT molecular complexity index is 263. The van der Waals surface area contributed by atoms with Crippen LogP contribution in [-0.2, 0) is 9.59 Å². The number of amides is 2. The molecule has 1 aliphatic heterocycles. The summed E-state index contributed by atoms with van der Waals surface area (Å²) in [5.74, 6) is 2.09. The van der Waals surface area contributed by atoms with Gasteiger partial charge in [0.25, 0.3) is 0 Å². The molecule has 0 aromatic carbocycles. The Morgan fingerprint density at radius 2 is 2.41 bits per heavy atom. The molecule has 6 heteroatoms. The van der Waals surface area contributed by atoms with Crippen molar-refractivity contribution in [2.75, 3.05) is 24.6 Å². The molecule has 1 heterocycles. The molecule has 0 aromatic rings. The van der Waals surface area contributed by atoms with Crippen LogP contribution < -0.4 is 16.0 Å². The third-order valence-corrected chi connectivity index (χ3v) is 3.55. The highest BCUT2D eigenvalue weighted by Crippen LogP contribution is 2.04. The zero-order valence-corrected chi connectivity index (χ0v) is 11.2. The molecule has 17 heavy (non-hydrogen) atoms. The second kappa shape index (κ2) is 7.55. The summed E-state index contributed by atoms with van der Waals surface area (Å²) in [5, 5.41) is 8.54. The number of nitrogens with one attached hydrogen (secondary N) is 3. The van der Waals surface area contributed by atoms with Crippen LogP contribution in [0.2, 0.25) is 0 Å². The maximum Gasteiger partial charge on any atom is 0.239 e. The highest BCUT2D eigenvalue weighted by molar-refractivity contribution is 7.99. The summed E-state index contributed by atoms with van der Waals surface area (Å²) in [6.45, 7) is 4.73. The molecule has 1 aliphatic rings. The van der Waals surface area contributed by atoms with Crippen molar-refractivity contribution in [3.05, 3.63) is 0 Å². The van der Waals surface area contributed by atoms with Crippen LogP contribution in [0.15, 0.2) is 0 Å². The summed E-state index contributed by atoms with van der Waals surface area (Å²) < 4.78 is 0. The molecular formula is C11H21N3O2S. The van der Waals surface area contributed by atoms with Gasteiger partial charge in [0, 0.05) is 12.6 Å². The number of carbonyl (C=O) groups excluding carboxylic acids is 2. The van der Waals surface area contributed by atoms with Crippen LogP contribution in [0.5, 0.6) is 0 Å². The van der Waals surface area contributed by atoms with Gasteiger partial charge in [-0.25, -0.2) is 0 Å². The van der Waals surface area contributed by atoms with Gasteiger partial charge in [0.1, 0.15) is 6.04 Å². The van der Waals surface area contributed by atoms with Crippen LogP contribution in [0.4, 0.5) is 0 Å². The van der Waals surface area contributed by atoms with Crippen LogP contribution in [0.25, 0.3) is 0 Å². The molecule has 0 radical (unpaired) electrons. The number of hydrogen-bond acceptors (Lipinski definition) is 4. The van der Waals surface area contributed by atoms with Gasteiger partial charge in [0.05, 0.1) is 6.54 Å². The minimum Gasteiger partial charge on any atom is -0.353 e. The highest BCUT2D eigenvalue weighted by Gasteiger charge is 2.24. The van der Waals surface area contributed by atoms with Crippen molar-refractivity contribution in [1.29, 1.82) is 0 Å². The van der Waals surface area contributed by atoms with Gasteiger partial charge in [0.2, 0.25) is 11.8 Å². The summed E-state index contributed by atoms with van der Waals surface area (Å²) in [6.07, 6.45) is 0.976. The number of thioether (sulfide) groups is 1. The van der Waals surface area contributed by atoms with Gasteiger partial charge in [-0.05, 0) is 24.9 Å². The summed E-state index contributed by atoms with van der Waals surface area (Å²) in [7, 11) is 0. The van der Waals surface area contributed by atoms with Gasteiger partial charge in [-0.15, -0.1) is 0 Å². The van der Waals surface area contributed by atoms with Crippen molar-refractivity contribution < 1.29 is 9.59 Å². The van der Waals surface area contributed by atoms with Gasteiger partial charge in [-0.3, -0.25) is 14.9 Å². The van der Waals surface area contributed by atoms with Crippen LogP contribution in [-0.4, -0.2) is 48.5 Å². The van der Waals surface area contributed by atoms with Gasteiger partial charge in [0.15, 0.2) is 0 Å². The largest absolute Gasteiger partial charge is 0.353 e. The van der Waals surface area contributed by atoms with Crippen molar-refractivity contribution in [1.82, 2.24) is 16.0 Å². The SMILES string of the molecule is CCSCCC(C)NC(=O)C1CNC(=O)CN1. The molecule has 1 fully saturated rings. The maximum absolute atomic E-state index is 11.8. The fourth-order valence-electron chi connectivity index (χ4n) is 1.57. The Labute approximate surface area is 106 Å². The summed E-state index contributed by atoms with van der Waals surface area (Å²) in [6, 6.07) is -0.116. The second-order valence-corrected chi connectivity index (χ2v) is 5.53. The maximum atomic E-state index is 11.8. The highest BCUT2D eigenvalue weighted by atomic mass is 32.2. The van der Waals surface area contributed by atoms with E-state index in [0.717, 1.165) is 17.9 Å². The number of rotatable bonds is 6. The van der Waals surface area contributed by atoms with E-state index in [1.807, 2.05) is 18.7 Å². The predicted molar refractivity (Wildman–Crippen MR) is 70.0 cm³/mol. The van der Waals surface area contributed by atoms with E-state index in [-0.39, 0.29) is 30.4 Å². The van der Waals surface area contributed by atoms with Crippen molar-refractivity contribution in [3.63, 3.8) is 0 Å². The zero-order valence-electron chi connectivity index (χ0n) is 10.4. The molecule has 1 rings (SSSR count). The van der Waals surface area contributed by atoms with E-state index in [2.05, 4.69) is 22.9 Å². The lowest BCUT2D eigenvalue weighted by molar-refractivity contribution is -0.126. The average Bonchev–Trinajstić information content (AvgIpc) is 2.30. The molecule has 1 saturated heterocycles. The number of piperazine rings is 1. The molecule has 2 unspecified atom stereocenters. The summed E-state index contributed by atoms with van der Waals surface area (Å²) >= 11 is 1.88. The lowest BCUT2D eigenvalue weighted by Gasteiger charge is -2.24. The van der Waals surface area contributed by atoms with E-state index in [9.17, 15) is 9.59 Å².